The van der Waals surface area contributed by atoms with Gasteiger partial charge in [0.25, 0.3) is 11.2 Å². The Labute approximate surface area is 134 Å². The van der Waals surface area contributed by atoms with Crippen molar-refractivity contribution >= 4 is 33.1 Å². The molecule has 0 bridgehead atoms. The highest BCUT2D eigenvalue weighted by Crippen LogP contribution is 2.20. The van der Waals surface area contributed by atoms with Crippen LogP contribution in [-0.2, 0) is 6.54 Å². The third kappa shape index (κ3) is 2.90. The molecule has 3 heterocycles. The Hall–Kier alpha value is -2.81. The van der Waals surface area contributed by atoms with Gasteiger partial charge in [0.1, 0.15) is 22.0 Å². The average molecular weight is 331 g/mol. The first-order chi connectivity index (χ1) is 11.0. The maximum absolute atomic E-state index is 12.0. The maximum atomic E-state index is 12.0. The molecule has 0 fully saturated rings. The first kappa shape index (κ1) is 15.1. The van der Waals surface area contributed by atoms with Gasteiger partial charge >= 0.3 is 0 Å². The van der Waals surface area contributed by atoms with Crippen molar-refractivity contribution in [2.24, 2.45) is 0 Å². The van der Waals surface area contributed by atoms with Gasteiger partial charge in [-0.2, -0.15) is 0 Å². The molecular weight excluding hydrogens is 318 g/mol. The van der Waals surface area contributed by atoms with E-state index in [0.717, 1.165) is 0 Å². The summed E-state index contributed by atoms with van der Waals surface area (Å²) >= 11 is 1.35. The second-order valence-electron chi connectivity index (χ2n) is 5.03. The third-order valence-electron chi connectivity index (χ3n) is 3.38. The minimum Gasteiger partial charge on any atom is -0.352 e. The minimum absolute atomic E-state index is 0.0200. The fourth-order valence-electron chi connectivity index (χ4n) is 2.25. The van der Waals surface area contributed by atoms with E-state index in [1.165, 1.54) is 17.4 Å². The number of hydrogen-bond acceptors (Lipinski definition) is 7. The quantitative estimate of drug-likeness (QED) is 0.580. The van der Waals surface area contributed by atoms with Gasteiger partial charge in [0.05, 0.1) is 17.0 Å². The summed E-state index contributed by atoms with van der Waals surface area (Å²) in [6.07, 6.45) is 0. The number of hydrogen-bond donors (Lipinski definition) is 1. The van der Waals surface area contributed by atoms with Gasteiger partial charge in [0.2, 0.25) is 0 Å². The molecule has 8 nitrogen and oxygen atoms in total. The molecule has 0 aliphatic carbocycles. The number of nitrogens with one attached hydrogen (secondary N) is 1. The Morgan fingerprint density at radius 3 is 2.83 bits per heavy atom. The van der Waals surface area contributed by atoms with E-state index in [4.69, 9.17) is 0 Å². The number of aromatic amines is 1. The highest BCUT2D eigenvalue weighted by atomic mass is 32.1. The molecule has 0 radical (unpaired) electrons. The van der Waals surface area contributed by atoms with E-state index in [2.05, 4.69) is 15.0 Å². The largest absolute Gasteiger partial charge is 0.352 e. The Kier molecular flexibility index (Phi) is 3.78. The van der Waals surface area contributed by atoms with Crippen LogP contribution in [0.5, 0.6) is 0 Å². The zero-order valence-electron chi connectivity index (χ0n) is 12.4. The summed E-state index contributed by atoms with van der Waals surface area (Å²) in [5.41, 5.74) is 0.818. The number of rotatable bonds is 4. The summed E-state index contributed by atoms with van der Waals surface area (Å²) in [6, 6.07) is 4.80. The van der Waals surface area contributed by atoms with Gasteiger partial charge in [-0.25, -0.2) is 9.97 Å². The van der Waals surface area contributed by atoms with Crippen molar-refractivity contribution in [3.8, 4) is 0 Å². The summed E-state index contributed by atoms with van der Waals surface area (Å²) in [6.45, 7) is 1.93. The van der Waals surface area contributed by atoms with Crippen molar-refractivity contribution in [2.45, 2.75) is 13.5 Å². The van der Waals surface area contributed by atoms with Crippen LogP contribution < -0.4 is 10.5 Å². The Balaban J connectivity index is 1.88. The fourth-order valence-corrected chi connectivity index (χ4v) is 2.97. The lowest BCUT2D eigenvalue weighted by Gasteiger charge is -2.17. The van der Waals surface area contributed by atoms with Crippen LogP contribution >= 0.6 is 11.3 Å². The molecule has 3 aromatic rings. The van der Waals surface area contributed by atoms with E-state index in [-0.39, 0.29) is 11.2 Å². The standard InChI is InChI=1S/C14H13N5O3S/c1-8-10(19(21)22)3-4-12(15-8)18(2)7-11-16-9-5-6-23-13(9)14(20)17-11/h3-6H,7H2,1-2H3,(H,16,17,20). The number of fused-ring (bicyclic) bond motifs is 1. The molecule has 0 unspecified atom stereocenters. The van der Waals surface area contributed by atoms with Crippen LogP contribution in [0.3, 0.4) is 0 Å². The van der Waals surface area contributed by atoms with Crippen molar-refractivity contribution in [3.05, 3.63) is 55.6 Å². The summed E-state index contributed by atoms with van der Waals surface area (Å²) in [5, 5.41) is 12.7. The van der Waals surface area contributed by atoms with Gasteiger partial charge in [-0.1, -0.05) is 0 Å². The molecule has 23 heavy (non-hydrogen) atoms. The van der Waals surface area contributed by atoms with Crippen LogP contribution in [0.1, 0.15) is 11.5 Å². The Bertz CT molecular complexity index is 949. The highest BCUT2D eigenvalue weighted by Gasteiger charge is 2.14. The predicted octanol–water partition coefficient (Wildman–Crippen LogP) is 2.23. The molecule has 0 saturated heterocycles. The first-order valence-electron chi connectivity index (χ1n) is 6.75. The van der Waals surface area contributed by atoms with E-state index in [1.807, 2.05) is 5.38 Å². The van der Waals surface area contributed by atoms with Crippen LogP contribution in [0, 0.1) is 17.0 Å². The molecule has 0 aliphatic heterocycles. The van der Waals surface area contributed by atoms with Gasteiger partial charge in [-0.15, -0.1) is 11.3 Å². The van der Waals surface area contributed by atoms with E-state index in [9.17, 15) is 14.9 Å². The van der Waals surface area contributed by atoms with Gasteiger partial charge in [0.15, 0.2) is 0 Å². The SMILES string of the molecule is Cc1nc(N(C)Cc2nc3ccsc3c(=O)[nH]2)ccc1[N+](=O)[O-]. The molecule has 9 heteroatoms. The zero-order chi connectivity index (χ0) is 16.6. The summed E-state index contributed by atoms with van der Waals surface area (Å²) in [4.78, 5) is 35.5. The lowest BCUT2D eigenvalue weighted by atomic mass is 10.3. The first-order valence-corrected chi connectivity index (χ1v) is 7.63. The Morgan fingerprint density at radius 2 is 2.13 bits per heavy atom. The minimum atomic E-state index is -0.463. The number of nitro groups is 1. The monoisotopic (exact) mass is 331 g/mol. The number of thiophene rings is 1. The average Bonchev–Trinajstić information content (AvgIpc) is 2.95. The van der Waals surface area contributed by atoms with Crippen molar-refractivity contribution in [2.75, 3.05) is 11.9 Å². The van der Waals surface area contributed by atoms with E-state index < -0.39 is 4.92 Å². The van der Waals surface area contributed by atoms with Gasteiger partial charge in [0, 0.05) is 13.1 Å². The van der Waals surface area contributed by atoms with Gasteiger partial charge < -0.3 is 9.88 Å². The molecule has 0 aromatic carbocycles. The van der Waals surface area contributed by atoms with Crippen LogP contribution in [0.2, 0.25) is 0 Å². The smallest absolute Gasteiger partial charge is 0.290 e. The molecule has 118 valence electrons. The number of pyridine rings is 1. The zero-order valence-corrected chi connectivity index (χ0v) is 13.3. The maximum Gasteiger partial charge on any atom is 0.290 e. The third-order valence-corrected chi connectivity index (χ3v) is 4.28. The van der Waals surface area contributed by atoms with Crippen molar-refractivity contribution in [1.82, 2.24) is 15.0 Å². The molecule has 0 spiro atoms. The van der Waals surface area contributed by atoms with E-state index >= 15 is 0 Å². The van der Waals surface area contributed by atoms with Crippen LogP contribution in [0.15, 0.2) is 28.4 Å². The lowest BCUT2D eigenvalue weighted by Crippen LogP contribution is -2.22. The summed E-state index contributed by atoms with van der Waals surface area (Å²) in [7, 11) is 1.78. The number of aromatic nitrogens is 3. The van der Waals surface area contributed by atoms with Crippen LogP contribution in [-0.4, -0.2) is 26.9 Å². The molecule has 0 amide bonds. The molecule has 0 aliphatic rings. The Morgan fingerprint density at radius 1 is 1.35 bits per heavy atom. The molecule has 0 saturated carbocycles. The highest BCUT2D eigenvalue weighted by molar-refractivity contribution is 7.17. The molecule has 0 atom stereocenters. The summed E-state index contributed by atoms with van der Waals surface area (Å²) < 4.78 is 0.598. The van der Waals surface area contributed by atoms with E-state index in [1.54, 1.807) is 31.0 Å². The molecule has 1 N–H and O–H groups in total. The number of aryl methyl sites for hydroxylation is 1. The normalized spacial score (nSPS) is 10.9. The van der Waals surface area contributed by atoms with E-state index in [0.29, 0.717) is 34.1 Å². The second-order valence-corrected chi connectivity index (χ2v) is 5.95. The summed E-state index contributed by atoms with van der Waals surface area (Å²) in [5.74, 6) is 1.09. The topological polar surface area (TPSA) is 105 Å². The van der Waals surface area contributed by atoms with Crippen molar-refractivity contribution in [3.63, 3.8) is 0 Å². The van der Waals surface area contributed by atoms with Gasteiger partial charge in [-0.05, 0) is 24.4 Å². The van der Waals surface area contributed by atoms with Crippen LogP contribution in [0.4, 0.5) is 11.5 Å². The lowest BCUT2D eigenvalue weighted by molar-refractivity contribution is -0.385. The van der Waals surface area contributed by atoms with Gasteiger partial charge in [-0.3, -0.25) is 14.9 Å². The number of anilines is 1. The predicted molar refractivity (Wildman–Crippen MR) is 88.0 cm³/mol. The van der Waals surface area contributed by atoms with Crippen molar-refractivity contribution < 1.29 is 4.92 Å². The molecule has 3 aromatic heterocycles. The molecule has 3 rings (SSSR count). The molecular formula is C14H13N5O3S. The van der Waals surface area contributed by atoms with Crippen LogP contribution in [0.25, 0.3) is 10.2 Å². The number of nitrogens with zero attached hydrogens (tertiary/aromatic N) is 4. The second kappa shape index (κ2) is 5.76. The fraction of sp³-hybridized carbons (Fsp3) is 0.214. The number of H-pyrrole nitrogens is 1. The van der Waals surface area contributed by atoms with Crippen molar-refractivity contribution in [1.29, 1.82) is 0 Å².